The van der Waals surface area contributed by atoms with Gasteiger partial charge in [-0.2, -0.15) is 0 Å². The van der Waals surface area contributed by atoms with Crippen LogP contribution >= 0.6 is 0 Å². The molecule has 0 radical (unpaired) electrons. The summed E-state index contributed by atoms with van der Waals surface area (Å²) in [7, 11) is 0. The number of rotatable bonds is 8. The Balaban J connectivity index is 1.96. The normalized spacial score (nSPS) is 12.2. The van der Waals surface area contributed by atoms with Crippen molar-refractivity contribution in [3.05, 3.63) is 54.1 Å². The summed E-state index contributed by atoms with van der Waals surface area (Å²) in [5.41, 5.74) is 5.74. The Bertz CT molecular complexity index is 657. The molecule has 0 unspecified atom stereocenters. The molecule has 2 aromatic rings. The molecule has 0 heterocycles. The highest BCUT2D eigenvalue weighted by atomic mass is 14.9. The zero-order valence-electron chi connectivity index (χ0n) is 17.7. The van der Waals surface area contributed by atoms with Crippen LogP contribution in [0.2, 0.25) is 0 Å². The van der Waals surface area contributed by atoms with Crippen LogP contribution in [0.25, 0.3) is 11.1 Å². The van der Waals surface area contributed by atoms with Gasteiger partial charge < -0.3 is 5.32 Å². The Morgan fingerprint density at radius 3 is 1.77 bits per heavy atom. The first-order chi connectivity index (χ1) is 12.2. The maximum atomic E-state index is 3.61. The van der Waals surface area contributed by atoms with Crippen molar-refractivity contribution in [1.82, 2.24) is 0 Å². The molecule has 0 bridgehead atoms. The molecule has 2 rings (SSSR count). The van der Waals surface area contributed by atoms with Gasteiger partial charge in [-0.25, -0.2) is 0 Å². The van der Waals surface area contributed by atoms with Gasteiger partial charge in [-0.15, -0.1) is 0 Å². The third-order valence-corrected chi connectivity index (χ3v) is 6.01. The first-order valence-electron chi connectivity index (χ1n) is 10.2. The fourth-order valence-electron chi connectivity index (χ4n) is 2.81. The summed E-state index contributed by atoms with van der Waals surface area (Å²) in [6.45, 7) is 14.8. The number of benzene rings is 2. The molecule has 1 heteroatoms. The van der Waals surface area contributed by atoms with E-state index in [-0.39, 0.29) is 10.8 Å². The van der Waals surface area contributed by atoms with E-state index >= 15 is 0 Å². The molecular weight excluding hydrogens is 314 g/mol. The molecule has 0 fully saturated rings. The largest absolute Gasteiger partial charge is 0.384 e. The van der Waals surface area contributed by atoms with E-state index in [1.165, 1.54) is 48.1 Å². The van der Waals surface area contributed by atoms with Gasteiger partial charge in [0.15, 0.2) is 0 Å². The molecule has 0 saturated carbocycles. The van der Waals surface area contributed by atoms with E-state index in [2.05, 4.69) is 95.4 Å². The average Bonchev–Trinajstić information content (AvgIpc) is 2.60. The molecule has 0 amide bonds. The molecule has 1 nitrogen and oxygen atoms in total. The molecule has 0 aromatic heterocycles. The highest BCUT2D eigenvalue weighted by Crippen LogP contribution is 2.37. The third kappa shape index (κ3) is 5.62. The smallest absolute Gasteiger partial charge is 0.0340 e. The number of nitrogens with one attached hydrogen (secondary N) is 1. The second-order valence-electron chi connectivity index (χ2n) is 9.22. The highest BCUT2D eigenvalue weighted by molar-refractivity contribution is 5.66. The van der Waals surface area contributed by atoms with E-state index in [1.54, 1.807) is 0 Å². The zero-order valence-corrected chi connectivity index (χ0v) is 17.7. The SMILES string of the molecule is CCCCCc1ccc(-c2ccc(NCC(C)(C)C(C)(C)C)cc2)cc1. The van der Waals surface area contributed by atoms with E-state index in [0.29, 0.717) is 0 Å². The number of hydrogen-bond acceptors (Lipinski definition) is 1. The van der Waals surface area contributed by atoms with Crippen LogP contribution in [0.3, 0.4) is 0 Å². The Hall–Kier alpha value is -1.76. The molecule has 1 N–H and O–H groups in total. The summed E-state index contributed by atoms with van der Waals surface area (Å²) in [6, 6.07) is 17.9. The Morgan fingerprint density at radius 2 is 1.27 bits per heavy atom. The monoisotopic (exact) mass is 351 g/mol. The highest BCUT2D eigenvalue weighted by Gasteiger charge is 2.32. The van der Waals surface area contributed by atoms with Crippen LogP contribution in [-0.2, 0) is 6.42 Å². The number of aryl methyl sites for hydroxylation is 1. The van der Waals surface area contributed by atoms with Crippen LogP contribution in [0.4, 0.5) is 5.69 Å². The van der Waals surface area contributed by atoms with Crippen molar-refractivity contribution in [2.24, 2.45) is 10.8 Å². The van der Waals surface area contributed by atoms with Gasteiger partial charge in [0.05, 0.1) is 0 Å². The lowest BCUT2D eigenvalue weighted by Gasteiger charge is -2.39. The Kier molecular flexibility index (Phi) is 6.92. The van der Waals surface area contributed by atoms with Crippen molar-refractivity contribution in [2.75, 3.05) is 11.9 Å². The third-order valence-electron chi connectivity index (χ3n) is 6.01. The van der Waals surface area contributed by atoms with Crippen molar-refractivity contribution in [3.8, 4) is 11.1 Å². The van der Waals surface area contributed by atoms with Gasteiger partial charge in [0, 0.05) is 12.2 Å². The number of hydrogen-bond donors (Lipinski definition) is 1. The minimum absolute atomic E-state index is 0.235. The molecule has 0 aliphatic rings. The van der Waals surface area contributed by atoms with Gasteiger partial charge in [-0.1, -0.05) is 90.8 Å². The summed E-state index contributed by atoms with van der Waals surface area (Å²) in [4.78, 5) is 0. The Labute approximate surface area is 161 Å². The number of unbranched alkanes of at least 4 members (excludes halogenated alkanes) is 2. The second-order valence-corrected chi connectivity index (χ2v) is 9.22. The van der Waals surface area contributed by atoms with Crippen LogP contribution in [-0.4, -0.2) is 6.54 Å². The molecule has 0 saturated heterocycles. The topological polar surface area (TPSA) is 12.0 Å². The predicted molar refractivity (Wildman–Crippen MR) is 117 cm³/mol. The van der Waals surface area contributed by atoms with E-state index < -0.39 is 0 Å². The zero-order chi connectivity index (χ0) is 19.2. The van der Waals surface area contributed by atoms with Crippen LogP contribution in [0.1, 0.15) is 66.4 Å². The Morgan fingerprint density at radius 1 is 0.731 bits per heavy atom. The van der Waals surface area contributed by atoms with Crippen molar-refractivity contribution >= 4 is 5.69 Å². The van der Waals surface area contributed by atoms with Gasteiger partial charge >= 0.3 is 0 Å². The van der Waals surface area contributed by atoms with Gasteiger partial charge in [0.1, 0.15) is 0 Å². The second kappa shape index (κ2) is 8.75. The van der Waals surface area contributed by atoms with E-state index in [9.17, 15) is 0 Å². The van der Waals surface area contributed by atoms with Crippen molar-refractivity contribution in [1.29, 1.82) is 0 Å². The molecule has 26 heavy (non-hydrogen) atoms. The minimum atomic E-state index is 0.235. The van der Waals surface area contributed by atoms with Gasteiger partial charge in [0.2, 0.25) is 0 Å². The van der Waals surface area contributed by atoms with Gasteiger partial charge in [-0.3, -0.25) is 0 Å². The quantitative estimate of drug-likeness (QED) is 0.483. The van der Waals surface area contributed by atoms with Crippen molar-refractivity contribution < 1.29 is 0 Å². The lowest BCUT2D eigenvalue weighted by Crippen LogP contribution is -2.36. The standard InChI is InChI=1S/C25H37N/c1-7-8-9-10-20-11-13-21(14-12-20)22-15-17-23(18-16-22)26-19-25(5,6)24(2,3)4/h11-18,26H,7-10,19H2,1-6H3. The molecule has 2 aromatic carbocycles. The van der Waals surface area contributed by atoms with Gasteiger partial charge in [-0.05, 0) is 52.5 Å². The molecule has 0 aliphatic heterocycles. The lowest BCUT2D eigenvalue weighted by molar-refractivity contribution is 0.148. The summed E-state index contributed by atoms with van der Waals surface area (Å²) in [5, 5.41) is 3.61. The average molecular weight is 352 g/mol. The maximum Gasteiger partial charge on any atom is 0.0340 e. The lowest BCUT2D eigenvalue weighted by atomic mass is 9.69. The van der Waals surface area contributed by atoms with E-state index in [0.717, 1.165) is 6.54 Å². The van der Waals surface area contributed by atoms with E-state index in [1.807, 2.05) is 0 Å². The van der Waals surface area contributed by atoms with Crippen LogP contribution in [0.5, 0.6) is 0 Å². The maximum absolute atomic E-state index is 3.61. The fraction of sp³-hybridized carbons (Fsp3) is 0.520. The van der Waals surface area contributed by atoms with Gasteiger partial charge in [0.25, 0.3) is 0 Å². The van der Waals surface area contributed by atoms with E-state index in [4.69, 9.17) is 0 Å². The van der Waals surface area contributed by atoms with Crippen LogP contribution < -0.4 is 5.32 Å². The van der Waals surface area contributed by atoms with Crippen molar-refractivity contribution in [3.63, 3.8) is 0 Å². The summed E-state index contributed by atoms with van der Waals surface area (Å²) in [6.07, 6.45) is 5.09. The summed E-state index contributed by atoms with van der Waals surface area (Å²) in [5.74, 6) is 0. The first kappa shape index (κ1) is 20.6. The molecule has 0 atom stereocenters. The first-order valence-corrected chi connectivity index (χ1v) is 10.2. The minimum Gasteiger partial charge on any atom is -0.384 e. The fourth-order valence-corrected chi connectivity index (χ4v) is 2.81. The molecule has 142 valence electrons. The summed E-state index contributed by atoms with van der Waals surface area (Å²) < 4.78 is 0. The number of anilines is 1. The molecular formula is C25H37N. The molecule has 0 aliphatic carbocycles. The van der Waals surface area contributed by atoms with Crippen molar-refractivity contribution in [2.45, 2.75) is 67.2 Å². The summed E-state index contributed by atoms with van der Waals surface area (Å²) >= 11 is 0. The van der Waals surface area contributed by atoms with Crippen LogP contribution in [0, 0.1) is 10.8 Å². The van der Waals surface area contributed by atoms with Crippen LogP contribution in [0.15, 0.2) is 48.5 Å². The molecule has 0 spiro atoms. The predicted octanol–water partition coefficient (Wildman–Crippen LogP) is 7.57.